The van der Waals surface area contributed by atoms with Gasteiger partial charge in [0.1, 0.15) is 0 Å². The van der Waals surface area contributed by atoms with Crippen molar-refractivity contribution in [1.29, 1.82) is 0 Å². The molecule has 0 amide bonds. The lowest BCUT2D eigenvalue weighted by Crippen LogP contribution is -1.93. The van der Waals surface area contributed by atoms with Gasteiger partial charge in [0, 0.05) is 33.7 Å². The minimum absolute atomic E-state index is 0.745. The summed E-state index contributed by atoms with van der Waals surface area (Å²) in [5.74, 6) is 0. The fourth-order valence-electron chi connectivity index (χ4n) is 2.00. The molecule has 0 radical (unpaired) electrons. The Morgan fingerprint density at radius 3 is 2.80 bits per heavy atom. The summed E-state index contributed by atoms with van der Waals surface area (Å²) in [4.78, 5) is 11.0. The van der Waals surface area contributed by atoms with Gasteiger partial charge in [0.15, 0.2) is 6.29 Å². The van der Waals surface area contributed by atoms with Gasteiger partial charge in [0.25, 0.3) is 0 Å². The van der Waals surface area contributed by atoms with Crippen molar-refractivity contribution in [3.05, 3.63) is 33.9 Å². The molecule has 0 aliphatic heterocycles. The van der Waals surface area contributed by atoms with Crippen LogP contribution in [0.5, 0.6) is 0 Å². The number of fused-ring (bicyclic) bond motifs is 1. The van der Waals surface area contributed by atoms with Crippen molar-refractivity contribution in [1.82, 2.24) is 4.57 Å². The normalized spacial score (nSPS) is 10.9. The minimum atomic E-state index is 0.745. The molecule has 3 heteroatoms. The molecule has 1 aromatic carbocycles. The van der Waals surface area contributed by atoms with Gasteiger partial charge < -0.3 is 4.57 Å². The Balaban J connectivity index is 2.94. The summed E-state index contributed by atoms with van der Waals surface area (Å²) in [5.41, 5.74) is 3.07. The van der Waals surface area contributed by atoms with Gasteiger partial charge in [-0.3, -0.25) is 4.79 Å². The Morgan fingerprint density at radius 1 is 1.47 bits per heavy atom. The molecule has 15 heavy (non-hydrogen) atoms. The predicted octanol–water partition coefficient (Wildman–Crippen LogP) is 3.32. The molecule has 0 spiro atoms. The molecule has 0 unspecified atom stereocenters. The third-order valence-electron chi connectivity index (χ3n) is 2.78. The molecule has 0 fully saturated rings. The number of hydrogen-bond donors (Lipinski definition) is 0. The molecule has 2 rings (SSSR count). The zero-order valence-corrected chi connectivity index (χ0v) is 10.3. The molecule has 2 nitrogen and oxygen atoms in total. The molecule has 0 N–H and O–H groups in total. The van der Waals surface area contributed by atoms with Gasteiger partial charge >= 0.3 is 0 Å². The fourth-order valence-corrected chi connectivity index (χ4v) is 2.98. The number of aryl methyl sites for hydroxylation is 1. The van der Waals surface area contributed by atoms with Crippen LogP contribution in [0.15, 0.2) is 22.7 Å². The van der Waals surface area contributed by atoms with Crippen LogP contribution < -0.4 is 0 Å². The third-order valence-corrected chi connectivity index (χ3v) is 3.63. The zero-order chi connectivity index (χ0) is 11.0. The Bertz CT molecular complexity index is 528. The highest BCUT2D eigenvalue weighted by Crippen LogP contribution is 2.32. The standard InChI is InChI=1S/C12H12BrNO/c1-3-9-12(13)11-8(7-15)5-4-6-10(11)14(9)2/h4-7H,3H2,1-2H3. The number of halogens is 1. The molecule has 2 aromatic rings. The van der Waals surface area contributed by atoms with Crippen LogP contribution in [0, 0.1) is 0 Å². The highest BCUT2D eigenvalue weighted by atomic mass is 79.9. The molecule has 1 heterocycles. The quantitative estimate of drug-likeness (QED) is 0.764. The van der Waals surface area contributed by atoms with Crippen molar-refractivity contribution in [3.8, 4) is 0 Å². The Labute approximate surface area is 97.0 Å². The molecule has 0 bridgehead atoms. The van der Waals surface area contributed by atoms with Crippen molar-refractivity contribution < 1.29 is 4.79 Å². The van der Waals surface area contributed by atoms with Gasteiger partial charge in [-0.05, 0) is 28.4 Å². The third kappa shape index (κ3) is 1.42. The van der Waals surface area contributed by atoms with Crippen molar-refractivity contribution in [2.75, 3.05) is 0 Å². The summed E-state index contributed by atoms with van der Waals surface area (Å²) in [6.45, 7) is 2.11. The second kappa shape index (κ2) is 3.81. The monoisotopic (exact) mass is 265 g/mol. The molecule has 0 atom stereocenters. The number of hydrogen-bond acceptors (Lipinski definition) is 1. The van der Waals surface area contributed by atoms with Crippen LogP contribution in [0.25, 0.3) is 10.9 Å². The first kappa shape index (κ1) is 10.4. The van der Waals surface area contributed by atoms with Gasteiger partial charge in [-0.15, -0.1) is 0 Å². The number of rotatable bonds is 2. The highest BCUT2D eigenvalue weighted by Gasteiger charge is 2.13. The maximum absolute atomic E-state index is 11.0. The molecular weight excluding hydrogens is 254 g/mol. The summed E-state index contributed by atoms with van der Waals surface area (Å²) in [6.07, 6.45) is 1.86. The lowest BCUT2D eigenvalue weighted by Gasteiger charge is -2.00. The van der Waals surface area contributed by atoms with Crippen LogP contribution in [-0.4, -0.2) is 10.9 Å². The largest absolute Gasteiger partial charge is 0.347 e. The van der Waals surface area contributed by atoms with Crippen LogP contribution >= 0.6 is 15.9 Å². The van der Waals surface area contributed by atoms with E-state index < -0.39 is 0 Å². The van der Waals surface area contributed by atoms with E-state index >= 15 is 0 Å². The van der Waals surface area contributed by atoms with E-state index in [1.165, 1.54) is 5.69 Å². The van der Waals surface area contributed by atoms with Crippen LogP contribution in [0.1, 0.15) is 23.0 Å². The fraction of sp³-hybridized carbons (Fsp3) is 0.250. The number of carbonyl (C=O) groups is 1. The Hall–Kier alpha value is -1.09. The lowest BCUT2D eigenvalue weighted by molar-refractivity contribution is 0.112. The highest BCUT2D eigenvalue weighted by molar-refractivity contribution is 9.10. The van der Waals surface area contributed by atoms with Crippen molar-refractivity contribution >= 4 is 33.1 Å². The van der Waals surface area contributed by atoms with E-state index in [4.69, 9.17) is 0 Å². The SMILES string of the molecule is CCc1c(Br)c2c(C=O)cccc2n1C. The van der Waals surface area contributed by atoms with Crippen LogP contribution in [-0.2, 0) is 13.5 Å². The number of carbonyl (C=O) groups excluding carboxylic acids is 1. The van der Waals surface area contributed by atoms with Crippen LogP contribution in [0.4, 0.5) is 0 Å². The average molecular weight is 266 g/mol. The summed E-state index contributed by atoms with van der Waals surface area (Å²) in [6, 6.07) is 5.80. The topological polar surface area (TPSA) is 22.0 Å². The summed E-state index contributed by atoms with van der Waals surface area (Å²) in [5, 5.41) is 1.02. The molecule has 1 aromatic heterocycles. The predicted molar refractivity (Wildman–Crippen MR) is 65.4 cm³/mol. The molecule has 0 aliphatic carbocycles. The number of aldehydes is 1. The number of aromatic nitrogens is 1. The summed E-state index contributed by atoms with van der Waals surface area (Å²) >= 11 is 3.57. The van der Waals surface area contributed by atoms with Crippen molar-refractivity contribution in [2.24, 2.45) is 7.05 Å². The van der Waals surface area contributed by atoms with Gasteiger partial charge in [-0.25, -0.2) is 0 Å². The van der Waals surface area contributed by atoms with E-state index in [-0.39, 0.29) is 0 Å². The van der Waals surface area contributed by atoms with E-state index in [1.54, 1.807) is 0 Å². The van der Waals surface area contributed by atoms with E-state index in [9.17, 15) is 4.79 Å². The van der Waals surface area contributed by atoms with Crippen molar-refractivity contribution in [3.63, 3.8) is 0 Å². The second-order valence-corrected chi connectivity index (χ2v) is 4.33. The average Bonchev–Trinajstić information content (AvgIpc) is 2.51. The van der Waals surface area contributed by atoms with Crippen molar-refractivity contribution in [2.45, 2.75) is 13.3 Å². The van der Waals surface area contributed by atoms with E-state index in [1.807, 2.05) is 25.2 Å². The van der Waals surface area contributed by atoms with Gasteiger partial charge in [0.05, 0.1) is 0 Å². The lowest BCUT2D eigenvalue weighted by atomic mass is 10.1. The molecule has 0 aliphatic rings. The molecular formula is C12H12BrNO. The molecule has 0 saturated carbocycles. The Morgan fingerprint density at radius 2 is 2.20 bits per heavy atom. The van der Waals surface area contributed by atoms with Gasteiger partial charge in [0.2, 0.25) is 0 Å². The zero-order valence-electron chi connectivity index (χ0n) is 8.75. The molecule has 78 valence electrons. The first-order chi connectivity index (χ1) is 7.20. The van der Waals surface area contributed by atoms with E-state index in [0.717, 1.165) is 33.6 Å². The van der Waals surface area contributed by atoms with Crippen LogP contribution in [0.3, 0.4) is 0 Å². The number of benzene rings is 1. The number of nitrogens with zero attached hydrogens (tertiary/aromatic N) is 1. The maximum atomic E-state index is 11.0. The first-order valence-electron chi connectivity index (χ1n) is 4.91. The molecule has 0 saturated heterocycles. The van der Waals surface area contributed by atoms with Gasteiger partial charge in [-0.1, -0.05) is 19.1 Å². The smallest absolute Gasteiger partial charge is 0.150 e. The van der Waals surface area contributed by atoms with Gasteiger partial charge in [-0.2, -0.15) is 0 Å². The Kier molecular flexibility index (Phi) is 2.65. The minimum Gasteiger partial charge on any atom is -0.347 e. The first-order valence-corrected chi connectivity index (χ1v) is 5.71. The summed E-state index contributed by atoms with van der Waals surface area (Å²) < 4.78 is 3.18. The van der Waals surface area contributed by atoms with Crippen LogP contribution in [0.2, 0.25) is 0 Å². The van der Waals surface area contributed by atoms with E-state index in [0.29, 0.717) is 0 Å². The second-order valence-electron chi connectivity index (χ2n) is 3.53. The maximum Gasteiger partial charge on any atom is 0.150 e. The van der Waals surface area contributed by atoms with E-state index in [2.05, 4.69) is 27.4 Å². The summed E-state index contributed by atoms with van der Waals surface area (Å²) in [7, 11) is 2.03.